The maximum atomic E-state index is 12.0. The Morgan fingerprint density at radius 3 is 2.59 bits per heavy atom. The first-order valence-corrected chi connectivity index (χ1v) is 6.44. The van der Waals surface area contributed by atoms with Gasteiger partial charge in [-0.25, -0.2) is 0 Å². The Morgan fingerprint density at radius 1 is 1.12 bits per heavy atom. The van der Waals surface area contributed by atoms with Crippen LogP contribution in [0.5, 0.6) is 0 Å². The molecule has 3 nitrogen and oxygen atoms in total. The third-order valence-corrected chi connectivity index (χ3v) is 4.18. The van der Waals surface area contributed by atoms with Gasteiger partial charge in [-0.1, -0.05) is 24.6 Å². The quantitative estimate of drug-likeness (QED) is 0.784. The average molecular weight is 230 g/mol. The molecule has 90 valence electrons. The Labute approximate surface area is 102 Å². The molecule has 2 bridgehead atoms. The van der Waals surface area contributed by atoms with Gasteiger partial charge in [-0.2, -0.15) is 0 Å². The minimum atomic E-state index is 0.168. The maximum Gasteiger partial charge on any atom is 0.241 e. The zero-order valence-electron chi connectivity index (χ0n) is 9.86. The molecule has 1 aromatic rings. The second kappa shape index (κ2) is 4.40. The lowest BCUT2D eigenvalue weighted by molar-refractivity contribution is -0.126. The summed E-state index contributed by atoms with van der Waals surface area (Å²) in [5.41, 5.74) is 6.75. The Morgan fingerprint density at radius 2 is 1.94 bits per heavy atom. The molecule has 17 heavy (non-hydrogen) atoms. The van der Waals surface area contributed by atoms with E-state index in [2.05, 4.69) is 10.9 Å². The van der Waals surface area contributed by atoms with Gasteiger partial charge in [-0.15, -0.1) is 0 Å². The molecular weight excluding hydrogens is 212 g/mol. The predicted octanol–water partition coefficient (Wildman–Crippen LogP) is 2.57. The fraction of sp³-hybridized carbons (Fsp3) is 0.500. The minimum Gasteiger partial charge on any atom is -0.299 e. The van der Waals surface area contributed by atoms with Crippen molar-refractivity contribution < 1.29 is 4.79 Å². The predicted molar refractivity (Wildman–Crippen MR) is 67.1 cm³/mol. The fourth-order valence-electron chi connectivity index (χ4n) is 3.31. The highest BCUT2D eigenvalue weighted by Crippen LogP contribution is 2.48. The van der Waals surface area contributed by atoms with E-state index in [0.29, 0.717) is 5.92 Å². The molecule has 0 aromatic heterocycles. The van der Waals surface area contributed by atoms with Crippen molar-refractivity contribution in [1.29, 1.82) is 0 Å². The van der Waals surface area contributed by atoms with E-state index in [1.54, 1.807) is 0 Å². The second-order valence-corrected chi connectivity index (χ2v) is 5.26. The topological polar surface area (TPSA) is 41.1 Å². The molecule has 2 fully saturated rings. The summed E-state index contributed by atoms with van der Waals surface area (Å²) in [4.78, 5) is 12.0. The average Bonchev–Trinajstić information content (AvgIpc) is 2.99. The van der Waals surface area contributed by atoms with E-state index in [1.165, 1.54) is 19.3 Å². The van der Waals surface area contributed by atoms with Crippen LogP contribution >= 0.6 is 0 Å². The third kappa shape index (κ3) is 2.14. The van der Waals surface area contributed by atoms with Gasteiger partial charge in [0, 0.05) is 5.92 Å². The van der Waals surface area contributed by atoms with Crippen LogP contribution in [-0.2, 0) is 4.79 Å². The fourth-order valence-corrected chi connectivity index (χ4v) is 3.31. The van der Waals surface area contributed by atoms with Crippen molar-refractivity contribution in [2.75, 3.05) is 5.43 Å². The van der Waals surface area contributed by atoms with E-state index in [0.717, 1.165) is 18.0 Å². The largest absolute Gasteiger partial charge is 0.299 e. The number of anilines is 1. The number of benzene rings is 1. The Kier molecular flexibility index (Phi) is 2.75. The highest BCUT2D eigenvalue weighted by molar-refractivity contribution is 5.80. The molecule has 3 rings (SSSR count). The van der Waals surface area contributed by atoms with Crippen LogP contribution in [0.4, 0.5) is 5.69 Å². The van der Waals surface area contributed by atoms with E-state index in [9.17, 15) is 4.79 Å². The van der Waals surface area contributed by atoms with Crippen LogP contribution in [-0.4, -0.2) is 5.91 Å². The molecule has 2 aliphatic rings. The number of carbonyl (C=O) groups is 1. The molecule has 0 radical (unpaired) electrons. The first-order valence-electron chi connectivity index (χ1n) is 6.44. The molecule has 3 unspecified atom stereocenters. The molecule has 1 aromatic carbocycles. The molecule has 3 atom stereocenters. The van der Waals surface area contributed by atoms with Crippen molar-refractivity contribution in [2.24, 2.45) is 17.8 Å². The van der Waals surface area contributed by atoms with Crippen LogP contribution in [0.3, 0.4) is 0 Å². The summed E-state index contributed by atoms with van der Waals surface area (Å²) < 4.78 is 0. The van der Waals surface area contributed by atoms with Gasteiger partial charge in [-0.05, 0) is 43.2 Å². The summed E-state index contributed by atoms with van der Waals surface area (Å²) in [5, 5.41) is 0. The van der Waals surface area contributed by atoms with Crippen molar-refractivity contribution in [3.8, 4) is 0 Å². The number of para-hydroxylation sites is 1. The Bertz CT molecular complexity index is 404. The number of hydrazine groups is 1. The van der Waals surface area contributed by atoms with E-state index in [1.807, 2.05) is 30.3 Å². The molecule has 2 N–H and O–H groups in total. The van der Waals surface area contributed by atoms with Crippen LogP contribution in [0.15, 0.2) is 30.3 Å². The smallest absolute Gasteiger partial charge is 0.241 e. The van der Waals surface area contributed by atoms with Gasteiger partial charge in [0.05, 0.1) is 5.69 Å². The number of fused-ring (bicyclic) bond motifs is 2. The minimum absolute atomic E-state index is 0.168. The lowest BCUT2D eigenvalue weighted by Gasteiger charge is -2.21. The summed E-state index contributed by atoms with van der Waals surface area (Å²) in [6, 6.07) is 9.75. The lowest BCUT2D eigenvalue weighted by Crippen LogP contribution is -2.37. The number of hydrogen-bond donors (Lipinski definition) is 2. The number of nitrogens with one attached hydrogen (secondary N) is 2. The van der Waals surface area contributed by atoms with Gasteiger partial charge in [0.25, 0.3) is 0 Å². The van der Waals surface area contributed by atoms with E-state index in [4.69, 9.17) is 0 Å². The molecule has 3 heteroatoms. The van der Waals surface area contributed by atoms with Crippen LogP contribution in [0.1, 0.15) is 25.7 Å². The maximum absolute atomic E-state index is 12.0. The molecule has 2 aliphatic carbocycles. The van der Waals surface area contributed by atoms with Gasteiger partial charge in [-0.3, -0.25) is 15.6 Å². The number of carbonyl (C=O) groups excluding carboxylic acids is 1. The van der Waals surface area contributed by atoms with Crippen LogP contribution in [0.25, 0.3) is 0 Å². The number of hydrogen-bond acceptors (Lipinski definition) is 2. The van der Waals surface area contributed by atoms with Crippen molar-refractivity contribution in [3.05, 3.63) is 30.3 Å². The van der Waals surface area contributed by atoms with Crippen LogP contribution in [0.2, 0.25) is 0 Å². The first-order chi connectivity index (χ1) is 8.33. The number of amides is 1. The van der Waals surface area contributed by atoms with Gasteiger partial charge < -0.3 is 0 Å². The summed E-state index contributed by atoms with van der Waals surface area (Å²) in [6.07, 6.45) is 4.94. The molecule has 0 spiro atoms. The zero-order chi connectivity index (χ0) is 11.7. The van der Waals surface area contributed by atoms with Gasteiger partial charge in [0.15, 0.2) is 0 Å². The van der Waals surface area contributed by atoms with E-state index < -0.39 is 0 Å². The Balaban J connectivity index is 1.54. The summed E-state index contributed by atoms with van der Waals surface area (Å²) >= 11 is 0. The van der Waals surface area contributed by atoms with Crippen molar-refractivity contribution in [2.45, 2.75) is 25.7 Å². The van der Waals surface area contributed by atoms with E-state index in [-0.39, 0.29) is 11.8 Å². The van der Waals surface area contributed by atoms with Gasteiger partial charge >= 0.3 is 0 Å². The van der Waals surface area contributed by atoms with Crippen molar-refractivity contribution in [1.82, 2.24) is 5.43 Å². The van der Waals surface area contributed by atoms with Crippen molar-refractivity contribution in [3.63, 3.8) is 0 Å². The van der Waals surface area contributed by atoms with E-state index >= 15 is 0 Å². The van der Waals surface area contributed by atoms with Gasteiger partial charge in [0.2, 0.25) is 5.91 Å². The Hall–Kier alpha value is -1.51. The standard InChI is InChI=1S/C14H18N2O/c17-14(13-9-10-6-7-11(13)8-10)16-15-12-4-2-1-3-5-12/h1-5,10-11,13,15H,6-9H2,(H,16,17). The zero-order valence-corrected chi connectivity index (χ0v) is 9.86. The molecule has 0 heterocycles. The molecule has 0 saturated heterocycles. The molecule has 1 amide bonds. The molecular formula is C14H18N2O. The summed E-state index contributed by atoms with van der Waals surface area (Å²) in [6.45, 7) is 0. The van der Waals surface area contributed by atoms with Crippen molar-refractivity contribution >= 4 is 11.6 Å². The third-order valence-electron chi connectivity index (χ3n) is 4.18. The summed E-state index contributed by atoms with van der Waals surface area (Å²) in [5.74, 6) is 1.86. The monoisotopic (exact) mass is 230 g/mol. The lowest BCUT2D eigenvalue weighted by atomic mass is 9.88. The highest BCUT2D eigenvalue weighted by atomic mass is 16.2. The van der Waals surface area contributed by atoms with Gasteiger partial charge in [0.1, 0.15) is 0 Å². The number of rotatable bonds is 3. The normalized spacial score (nSPS) is 30.2. The SMILES string of the molecule is O=C(NNc1ccccc1)C1CC2CCC1C2. The molecule has 0 aliphatic heterocycles. The molecule has 2 saturated carbocycles. The highest BCUT2D eigenvalue weighted by Gasteiger charge is 2.42. The summed E-state index contributed by atoms with van der Waals surface area (Å²) in [7, 11) is 0. The second-order valence-electron chi connectivity index (χ2n) is 5.26. The van der Waals surface area contributed by atoms with Crippen LogP contribution in [0, 0.1) is 17.8 Å². The first kappa shape index (κ1) is 10.6. The van der Waals surface area contributed by atoms with Crippen LogP contribution < -0.4 is 10.9 Å².